The molecule has 2 aliphatic heterocycles. The van der Waals surface area contributed by atoms with Gasteiger partial charge < -0.3 is 4.90 Å². The summed E-state index contributed by atoms with van der Waals surface area (Å²) in [5, 5.41) is -0.0286. The van der Waals surface area contributed by atoms with Crippen LogP contribution in [0.3, 0.4) is 0 Å². The third-order valence-corrected chi connectivity index (χ3v) is 5.27. The van der Waals surface area contributed by atoms with Crippen molar-refractivity contribution in [1.82, 2.24) is 4.90 Å². The van der Waals surface area contributed by atoms with Crippen LogP contribution in [-0.2, 0) is 9.59 Å². The number of fused-ring (bicyclic) bond motifs is 1. The normalized spacial score (nSPS) is 36.2. The van der Waals surface area contributed by atoms with Gasteiger partial charge in [0.15, 0.2) is 0 Å². The van der Waals surface area contributed by atoms with Crippen LogP contribution in [0.1, 0.15) is 27.7 Å². The Hall–Kier alpha value is -0.160. The molecule has 3 nitrogen and oxygen atoms in total. The highest BCUT2D eigenvalue weighted by Gasteiger charge is 2.63. The number of rotatable bonds is 2. The molecule has 0 aromatic rings. The van der Waals surface area contributed by atoms with Gasteiger partial charge in [-0.1, -0.05) is 13.8 Å². The van der Waals surface area contributed by atoms with E-state index >= 15 is 0 Å². The summed E-state index contributed by atoms with van der Waals surface area (Å²) in [6.07, 6.45) is 0. The number of thiol groups is 1. The first-order valence-corrected chi connectivity index (χ1v) is 6.83. The van der Waals surface area contributed by atoms with Crippen molar-refractivity contribution in [3.8, 4) is 0 Å². The van der Waals surface area contributed by atoms with Gasteiger partial charge in [-0.05, 0) is 19.8 Å². The fraction of sp³-hybridized carbons (Fsp3) is 0.818. The summed E-state index contributed by atoms with van der Waals surface area (Å²) in [7, 11) is 0. The zero-order valence-electron chi connectivity index (χ0n) is 9.93. The average Bonchev–Trinajstić information content (AvgIpc) is 2.33. The topological polar surface area (TPSA) is 37.4 Å². The lowest BCUT2D eigenvalue weighted by Gasteiger charge is -2.45. The van der Waals surface area contributed by atoms with Gasteiger partial charge in [0, 0.05) is 4.75 Å². The number of thioether (sulfide) groups is 1. The number of β-lactam (4-membered cyclic amide) rings is 1. The number of nitrogens with zero attached hydrogens (tertiary/aromatic N) is 1. The first-order valence-electron chi connectivity index (χ1n) is 5.50. The SMILES string of the molecule is CC(C)[C@@H]1C(=O)N2[C@@H]1SC(C)(C)[C@@H]2C(=O)S. The Morgan fingerprint density at radius 1 is 1.50 bits per heavy atom. The minimum absolute atomic E-state index is 0.0713. The van der Waals surface area contributed by atoms with Crippen LogP contribution < -0.4 is 0 Å². The molecular formula is C11H17NO2S2. The predicted molar refractivity (Wildman–Crippen MR) is 68.4 cm³/mol. The van der Waals surface area contributed by atoms with Crippen molar-refractivity contribution in [2.75, 3.05) is 0 Å². The van der Waals surface area contributed by atoms with E-state index in [1.165, 1.54) is 0 Å². The Morgan fingerprint density at radius 3 is 2.50 bits per heavy atom. The standard InChI is InChI=1S/C11H17NO2S2/c1-5(2)6-8(13)12-7(10(14)15)11(3,4)16-9(6)12/h5-7,9H,1-4H3,(H,14,15)/t6-,7+,9-/m1/s1. The number of carbonyl (C=O) groups is 2. The Morgan fingerprint density at radius 2 is 2.06 bits per heavy atom. The van der Waals surface area contributed by atoms with Crippen molar-refractivity contribution in [2.45, 2.75) is 43.9 Å². The molecule has 5 heteroatoms. The zero-order chi connectivity index (χ0) is 12.2. The molecule has 0 radical (unpaired) electrons. The van der Waals surface area contributed by atoms with Crippen molar-refractivity contribution >= 4 is 35.4 Å². The Bertz CT molecular complexity index is 354. The first-order chi connectivity index (χ1) is 7.27. The fourth-order valence-electron chi connectivity index (χ4n) is 2.66. The van der Waals surface area contributed by atoms with Gasteiger partial charge in [-0.2, -0.15) is 0 Å². The van der Waals surface area contributed by atoms with Crippen LogP contribution in [0.2, 0.25) is 0 Å². The Kier molecular flexibility index (Phi) is 2.82. The molecule has 0 N–H and O–H groups in total. The Balaban J connectivity index is 2.28. The van der Waals surface area contributed by atoms with Crippen LogP contribution in [0.5, 0.6) is 0 Å². The van der Waals surface area contributed by atoms with E-state index in [4.69, 9.17) is 0 Å². The molecular weight excluding hydrogens is 242 g/mol. The zero-order valence-corrected chi connectivity index (χ0v) is 11.6. The van der Waals surface area contributed by atoms with Gasteiger partial charge in [-0.15, -0.1) is 24.4 Å². The second kappa shape index (κ2) is 3.67. The molecule has 2 saturated heterocycles. The molecule has 2 aliphatic rings. The van der Waals surface area contributed by atoms with Gasteiger partial charge in [0.1, 0.15) is 6.04 Å². The average molecular weight is 259 g/mol. The number of amides is 1. The summed E-state index contributed by atoms with van der Waals surface area (Å²) in [6, 6.07) is -0.367. The molecule has 0 aliphatic carbocycles. The lowest BCUT2D eigenvalue weighted by molar-refractivity contribution is -0.158. The summed E-state index contributed by atoms with van der Waals surface area (Å²) in [4.78, 5) is 25.3. The van der Waals surface area contributed by atoms with E-state index in [1.54, 1.807) is 16.7 Å². The van der Waals surface area contributed by atoms with Gasteiger partial charge in [-0.25, -0.2) is 0 Å². The minimum atomic E-state index is -0.367. The molecule has 0 aromatic carbocycles. The monoisotopic (exact) mass is 259 g/mol. The first kappa shape index (κ1) is 12.3. The third kappa shape index (κ3) is 1.51. The molecule has 2 fully saturated rings. The predicted octanol–water partition coefficient (Wildman–Crippen LogP) is 1.78. The van der Waals surface area contributed by atoms with Gasteiger partial charge in [0.05, 0.1) is 11.3 Å². The second-order valence-electron chi connectivity index (χ2n) is 5.37. The maximum Gasteiger partial charge on any atom is 0.230 e. The molecule has 2 heterocycles. The highest BCUT2D eigenvalue weighted by molar-refractivity contribution is 8.02. The molecule has 90 valence electrons. The van der Waals surface area contributed by atoms with E-state index in [1.807, 2.05) is 13.8 Å². The molecule has 0 unspecified atom stereocenters. The van der Waals surface area contributed by atoms with E-state index < -0.39 is 0 Å². The second-order valence-corrected chi connectivity index (χ2v) is 7.58. The van der Waals surface area contributed by atoms with E-state index in [2.05, 4.69) is 26.5 Å². The lowest BCUT2D eigenvalue weighted by Crippen LogP contribution is -2.63. The fourth-order valence-corrected chi connectivity index (χ4v) is 5.08. The van der Waals surface area contributed by atoms with E-state index in [9.17, 15) is 9.59 Å². The summed E-state index contributed by atoms with van der Waals surface area (Å²) < 4.78 is -0.219. The van der Waals surface area contributed by atoms with Crippen LogP contribution in [-0.4, -0.2) is 32.1 Å². The van der Waals surface area contributed by atoms with Crippen LogP contribution in [0, 0.1) is 11.8 Å². The van der Waals surface area contributed by atoms with E-state index in [0.717, 1.165) is 0 Å². The maximum atomic E-state index is 12.0. The summed E-state index contributed by atoms with van der Waals surface area (Å²) >= 11 is 5.65. The van der Waals surface area contributed by atoms with Gasteiger partial charge in [-0.3, -0.25) is 9.59 Å². The molecule has 1 amide bonds. The molecule has 16 heavy (non-hydrogen) atoms. The molecule has 0 saturated carbocycles. The quantitative estimate of drug-likeness (QED) is 0.607. The van der Waals surface area contributed by atoms with Crippen LogP contribution in [0.15, 0.2) is 0 Å². The van der Waals surface area contributed by atoms with E-state index in [0.29, 0.717) is 5.92 Å². The Labute approximate surface area is 106 Å². The molecule has 3 atom stereocenters. The third-order valence-electron chi connectivity index (χ3n) is 3.43. The van der Waals surface area contributed by atoms with Crippen molar-refractivity contribution in [3.63, 3.8) is 0 Å². The van der Waals surface area contributed by atoms with Crippen molar-refractivity contribution < 1.29 is 9.59 Å². The number of hydrogen-bond donors (Lipinski definition) is 1. The van der Waals surface area contributed by atoms with Gasteiger partial charge >= 0.3 is 0 Å². The van der Waals surface area contributed by atoms with Crippen LogP contribution in [0.4, 0.5) is 0 Å². The highest BCUT2D eigenvalue weighted by Crippen LogP contribution is 2.55. The molecule has 0 bridgehead atoms. The maximum absolute atomic E-state index is 12.0. The van der Waals surface area contributed by atoms with Gasteiger partial charge in [0.2, 0.25) is 11.0 Å². The summed E-state index contributed by atoms with van der Waals surface area (Å²) in [5.41, 5.74) is 0. The van der Waals surface area contributed by atoms with Crippen molar-refractivity contribution in [3.05, 3.63) is 0 Å². The van der Waals surface area contributed by atoms with Crippen LogP contribution in [0.25, 0.3) is 0 Å². The summed E-state index contributed by atoms with van der Waals surface area (Å²) in [5.74, 6) is 0.526. The molecule has 0 spiro atoms. The smallest absolute Gasteiger partial charge is 0.230 e. The number of hydrogen-bond acceptors (Lipinski definition) is 3. The largest absolute Gasteiger partial charge is 0.317 e. The van der Waals surface area contributed by atoms with E-state index in [-0.39, 0.29) is 33.1 Å². The highest BCUT2D eigenvalue weighted by atomic mass is 32.2. The van der Waals surface area contributed by atoms with Gasteiger partial charge in [0.25, 0.3) is 0 Å². The lowest BCUT2D eigenvalue weighted by atomic mass is 9.84. The summed E-state index contributed by atoms with van der Waals surface area (Å²) in [6.45, 7) is 8.14. The molecule has 2 rings (SSSR count). The number of carbonyl (C=O) groups excluding carboxylic acids is 2. The van der Waals surface area contributed by atoms with Crippen molar-refractivity contribution in [1.29, 1.82) is 0 Å². The van der Waals surface area contributed by atoms with Crippen molar-refractivity contribution in [2.24, 2.45) is 11.8 Å². The minimum Gasteiger partial charge on any atom is -0.317 e. The van der Waals surface area contributed by atoms with Crippen LogP contribution >= 0.6 is 24.4 Å². The molecule has 0 aromatic heterocycles.